The molecule has 14 nitrogen and oxygen atoms in total. The van der Waals surface area contributed by atoms with Gasteiger partial charge in [-0.1, -0.05) is 0 Å². The van der Waals surface area contributed by atoms with E-state index in [0.29, 0.717) is 29.4 Å². The molecule has 194 valence electrons. The summed E-state index contributed by atoms with van der Waals surface area (Å²) in [5.41, 5.74) is 5.15. The Hall–Kier alpha value is -4.50. The van der Waals surface area contributed by atoms with Crippen molar-refractivity contribution < 1.29 is 36.5 Å². The van der Waals surface area contributed by atoms with Crippen LogP contribution in [0.5, 0.6) is 0 Å². The number of esters is 1. The molecule has 0 unspecified atom stereocenters. The molecular weight excluding hydrogens is 510 g/mol. The first-order valence-electron chi connectivity index (χ1n) is 10.7. The van der Waals surface area contributed by atoms with Crippen molar-refractivity contribution in [2.45, 2.75) is 24.3 Å². The lowest BCUT2D eigenvalue weighted by Crippen LogP contribution is -2.34. The van der Waals surface area contributed by atoms with Crippen molar-refractivity contribution in [3.8, 4) is 0 Å². The van der Waals surface area contributed by atoms with Crippen LogP contribution in [0.15, 0.2) is 67.6 Å². The quantitative estimate of drug-likeness (QED) is 0.178. The maximum absolute atomic E-state index is 12.8. The van der Waals surface area contributed by atoms with Gasteiger partial charge in [-0.05, 0) is 43.3 Å². The monoisotopic (exact) mass is 531 g/mol. The minimum atomic E-state index is -4.31. The van der Waals surface area contributed by atoms with Gasteiger partial charge in [-0.2, -0.15) is 9.82 Å². The summed E-state index contributed by atoms with van der Waals surface area (Å²) < 4.78 is 42.8. The Bertz CT molecular complexity index is 1480. The van der Waals surface area contributed by atoms with E-state index >= 15 is 0 Å². The number of nitrogen functional groups attached to an aromatic ring is 1. The maximum atomic E-state index is 12.8. The first-order valence-corrected chi connectivity index (χ1v) is 12.2. The highest BCUT2D eigenvalue weighted by atomic mass is 32.2. The molecule has 1 aliphatic heterocycles. The first kappa shape index (κ1) is 25.6. The molecule has 3 N–H and O–H groups in total. The summed E-state index contributed by atoms with van der Waals surface area (Å²) in [6.45, 7) is 0.225. The average Bonchev–Trinajstić information content (AvgIpc) is 3.61. The molecule has 0 spiro atoms. The summed E-state index contributed by atoms with van der Waals surface area (Å²) in [5.74, 6) is -0.112. The van der Waals surface area contributed by atoms with Gasteiger partial charge < -0.3 is 19.3 Å². The Morgan fingerprint density at radius 3 is 2.73 bits per heavy atom. The zero-order valence-electron chi connectivity index (χ0n) is 19.3. The van der Waals surface area contributed by atoms with Gasteiger partial charge in [-0.25, -0.2) is 13.4 Å². The number of carbonyl (C=O) groups excluding carboxylic acids is 2. The molecular formula is C22H21N5O9S. The third-order valence-corrected chi connectivity index (χ3v) is 6.73. The van der Waals surface area contributed by atoms with E-state index in [4.69, 9.17) is 19.3 Å². The summed E-state index contributed by atoms with van der Waals surface area (Å²) in [5, 5.41) is 16.4. The van der Waals surface area contributed by atoms with Gasteiger partial charge in [0, 0.05) is 12.5 Å². The van der Waals surface area contributed by atoms with Crippen LogP contribution in [-0.4, -0.2) is 49.1 Å². The van der Waals surface area contributed by atoms with Gasteiger partial charge in [-0.15, -0.1) is 0 Å². The topological polar surface area (TPSA) is 201 Å². The second-order valence-corrected chi connectivity index (χ2v) is 9.66. The van der Waals surface area contributed by atoms with E-state index in [9.17, 15) is 28.1 Å². The van der Waals surface area contributed by atoms with Crippen LogP contribution in [0.25, 0.3) is 0 Å². The van der Waals surface area contributed by atoms with Crippen LogP contribution in [0.3, 0.4) is 0 Å². The molecule has 37 heavy (non-hydrogen) atoms. The van der Waals surface area contributed by atoms with Crippen LogP contribution in [0.1, 0.15) is 29.7 Å². The number of hydrogen-bond acceptors (Lipinski definition) is 11. The number of nitro benzene ring substituents is 1. The fraction of sp³-hybridized carbons (Fsp3) is 0.227. The number of furan rings is 2. The Balaban J connectivity index is 1.38. The maximum Gasteiger partial charge on any atom is 0.321 e. The van der Waals surface area contributed by atoms with Crippen LogP contribution < -0.4 is 10.5 Å². The molecule has 0 bridgehead atoms. The third-order valence-electron chi connectivity index (χ3n) is 5.33. The number of hydrazone groups is 1. The van der Waals surface area contributed by atoms with Gasteiger partial charge in [-0.3, -0.25) is 19.7 Å². The van der Waals surface area contributed by atoms with Crippen molar-refractivity contribution in [2.75, 3.05) is 18.9 Å². The van der Waals surface area contributed by atoms with Crippen molar-refractivity contribution >= 4 is 39.0 Å². The SMILES string of the molecule is Cc1ccc(C2=NN(C(=O)COC(=O)CNS(=O)(=O)c3ccc(N)c([N+](=O)[O-])c3)[C@H](c3ccco3)C2)o1. The Kier molecular flexibility index (Phi) is 7.08. The summed E-state index contributed by atoms with van der Waals surface area (Å²) in [6, 6.07) is 9.12. The number of hydrogen-bond donors (Lipinski definition) is 2. The summed E-state index contributed by atoms with van der Waals surface area (Å²) in [4.78, 5) is 34.7. The Morgan fingerprint density at radius 1 is 1.30 bits per heavy atom. The number of nitrogens with one attached hydrogen (secondary N) is 1. The molecule has 2 aromatic heterocycles. The van der Waals surface area contributed by atoms with Crippen LogP contribution in [0, 0.1) is 17.0 Å². The van der Waals surface area contributed by atoms with Gasteiger partial charge >= 0.3 is 5.97 Å². The molecule has 1 amide bonds. The lowest BCUT2D eigenvalue weighted by Gasteiger charge is -2.19. The summed E-state index contributed by atoms with van der Waals surface area (Å²) in [7, 11) is -4.31. The lowest BCUT2D eigenvalue weighted by atomic mass is 10.1. The molecule has 0 radical (unpaired) electrons. The fourth-order valence-electron chi connectivity index (χ4n) is 3.53. The molecule has 3 heterocycles. The number of ether oxygens (including phenoxy) is 1. The molecule has 0 saturated carbocycles. The van der Waals surface area contributed by atoms with Crippen molar-refractivity contribution in [1.29, 1.82) is 0 Å². The largest absolute Gasteiger partial charge is 0.467 e. The average molecular weight is 532 g/mol. The number of nitrogens with zero attached hydrogens (tertiary/aromatic N) is 3. The lowest BCUT2D eigenvalue weighted by molar-refractivity contribution is -0.384. The van der Waals surface area contributed by atoms with Crippen molar-refractivity contribution in [2.24, 2.45) is 5.10 Å². The highest BCUT2D eigenvalue weighted by molar-refractivity contribution is 7.89. The molecule has 4 rings (SSSR count). The Morgan fingerprint density at radius 2 is 2.08 bits per heavy atom. The normalized spacial score (nSPS) is 15.4. The first-order chi connectivity index (χ1) is 17.5. The van der Waals surface area contributed by atoms with Gasteiger partial charge in [0.15, 0.2) is 6.61 Å². The Labute approximate surface area is 209 Å². The molecule has 15 heteroatoms. The van der Waals surface area contributed by atoms with Crippen molar-refractivity contribution in [3.63, 3.8) is 0 Å². The number of sulfonamides is 1. The molecule has 1 aromatic carbocycles. The summed E-state index contributed by atoms with van der Waals surface area (Å²) in [6.07, 6.45) is 1.75. The van der Waals surface area contributed by atoms with Gasteiger partial charge in [0.1, 0.15) is 41.3 Å². The molecule has 0 fully saturated rings. The van der Waals surface area contributed by atoms with Crippen molar-refractivity contribution in [3.05, 3.63) is 76.1 Å². The smallest absolute Gasteiger partial charge is 0.321 e. The van der Waals surface area contributed by atoms with Crippen LogP contribution in [0.4, 0.5) is 11.4 Å². The minimum absolute atomic E-state index is 0.218. The van der Waals surface area contributed by atoms with Gasteiger partial charge in [0.25, 0.3) is 11.6 Å². The predicted molar refractivity (Wildman–Crippen MR) is 127 cm³/mol. The van der Waals surface area contributed by atoms with Crippen LogP contribution >= 0.6 is 0 Å². The van der Waals surface area contributed by atoms with Gasteiger partial charge in [0.2, 0.25) is 10.0 Å². The second kappa shape index (κ2) is 10.2. The minimum Gasteiger partial charge on any atom is -0.467 e. The van der Waals surface area contributed by atoms with Crippen LogP contribution in [0.2, 0.25) is 0 Å². The number of carbonyl (C=O) groups is 2. The molecule has 1 atom stereocenters. The highest BCUT2D eigenvalue weighted by Crippen LogP contribution is 2.33. The van der Waals surface area contributed by atoms with Crippen LogP contribution in [-0.2, 0) is 24.3 Å². The number of nitrogens with two attached hydrogens (primary N) is 1. The fourth-order valence-corrected chi connectivity index (χ4v) is 4.52. The van der Waals surface area contributed by atoms with E-state index in [2.05, 4.69) is 5.10 Å². The van der Waals surface area contributed by atoms with E-state index in [-0.39, 0.29) is 5.69 Å². The van der Waals surface area contributed by atoms with Gasteiger partial charge in [0.05, 0.1) is 16.1 Å². The zero-order chi connectivity index (χ0) is 26.7. The number of aryl methyl sites for hydroxylation is 1. The van der Waals surface area contributed by atoms with E-state index in [1.807, 2.05) is 4.72 Å². The molecule has 3 aromatic rings. The highest BCUT2D eigenvalue weighted by Gasteiger charge is 2.36. The van der Waals surface area contributed by atoms with E-state index < -0.39 is 56.6 Å². The second-order valence-electron chi connectivity index (χ2n) is 7.89. The number of rotatable bonds is 9. The zero-order valence-corrected chi connectivity index (χ0v) is 20.1. The molecule has 1 aliphatic rings. The van der Waals surface area contributed by atoms with E-state index in [1.165, 1.54) is 6.26 Å². The predicted octanol–water partition coefficient (Wildman–Crippen LogP) is 1.87. The standard InChI is InChI=1S/C22H21N5O9S/c1-13-4-7-19(36-13)16-10-18(20-3-2-8-34-20)26(25-16)21(28)12-35-22(29)11-24-37(32,33)14-5-6-15(23)17(9-14)27(30)31/h2-9,18,24H,10-12,23H2,1H3/t18-/m0/s1. The van der Waals surface area contributed by atoms with Crippen molar-refractivity contribution in [1.82, 2.24) is 9.73 Å². The number of amides is 1. The van der Waals surface area contributed by atoms with E-state index in [0.717, 1.165) is 23.2 Å². The van der Waals surface area contributed by atoms with E-state index in [1.54, 1.807) is 31.2 Å². The number of anilines is 1. The number of benzene rings is 1. The third kappa shape index (κ3) is 5.68. The molecule has 0 aliphatic carbocycles. The summed E-state index contributed by atoms with van der Waals surface area (Å²) >= 11 is 0. The number of nitro groups is 1. The molecule has 0 saturated heterocycles.